The summed E-state index contributed by atoms with van der Waals surface area (Å²) in [6, 6.07) is 7.79. The van der Waals surface area contributed by atoms with Crippen molar-refractivity contribution < 1.29 is 23.5 Å². The maximum Gasteiger partial charge on any atom is 0.409 e. The molecule has 1 aliphatic heterocycles. The minimum atomic E-state index is -0.562. The van der Waals surface area contributed by atoms with E-state index in [-0.39, 0.29) is 24.7 Å². The van der Waals surface area contributed by atoms with E-state index >= 15 is 4.39 Å². The third kappa shape index (κ3) is 7.92. The molecular formula is C24H31FN6O4. The zero-order valence-electron chi connectivity index (χ0n) is 20.0. The number of piperazine rings is 1. The number of hydrogen-bond donors (Lipinski definition) is 3. The number of hydrogen-bond acceptors (Lipinski definition) is 6. The van der Waals surface area contributed by atoms with E-state index < -0.39 is 17.9 Å². The molecule has 0 radical (unpaired) electrons. The summed E-state index contributed by atoms with van der Waals surface area (Å²) < 4.78 is 20.2. The number of nitrogens with zero attached hydrogens (tertiary/aromatic N) is 3. The molecule has 1 aromatic heterocycles. The Kier molecular flexibility index (Phi) is 9.36. The molecule has 0 bridgehead atoms. The van der Waals surface area contributed by atoms with Crippen molar-refractivity contribution in [2.75, 3.05) is 50.0 Å². The van der Waals surface area contributed by atoms with Crippen LogP contribution in [0.5, 0.6) is 0 Å². The monoisotopic (exact) mass is 486 g/mol. The summed E-state index contributed by atoms with van der Waals surface area (Å²) in [6.45, 7) is 6.34. The van der Waals surface area contributed by atoms with Crippen molar-refractivity contribution in [3.05, 3.63) is 53.6 Å². The van der Waals surface area contributed by atoms with Crippen molar-refractivity contribution in [2.24, 2.45) is 0 Å². The first-order valence-electron chi connectivity index (χ1n) is 11.5. The summed E-state index contributed by atoms with van der Waals surface area (Å²) in [5.41, 5.74) is 1.86. The number of carbonyl (C=O) groups excluding carboxylic acids is 3. The maximum absolute atomic E-state index is 15.0. The number of nitrogens with one attached hydrogen (secondary N) is 3. The minimum absolute atomic E-state index is 0.0810. The number of carbonyl (C=O) groups is 3. The number of aromatic nitrogens is 1. The van der Waals surface area contributed by atoms with Crippen molar-refractivity contribution >= 4 is 29.4 Å². The highest BCUT2D eigenvalue weighted by Crippen LogP contribution is 2.21. The van der Waals surface area contributed by atoms with E-state index in [0.29, 0.717) is 50.4 Å². The second kappa shape index (κ2) is 12.7. The summed E-state index contributed by atoms with van der Waals surface area (Å²) in [5.74, 6) is -0.592. The average Bonchev–Trinajstić information content (AvgIpc) is 2.86. The molecule has 2 aromatic rings. The number of pyridine rings is 1. The van der Waals surface area contributed by atoms with Crippen molar-refractivity contribution in [3.8, 4) is 0 Å². The molecule has 188 valence electrons. The zero-order chi connectivity index (χ0) is 25.2. The van der Waals surface area contributed by atoms with Gasteiger partial charge in [0.25, 0.3) is 0 Å². The number of urea groups is 1. The number of benzene rings is 1. The molecule has 11 heteroatoms. The molecule has 10 nitrogen and oxygen atoms in total. The van der Waals surface area contributed by atoms with Gasteiger partial charge in [0.2, 0.25) is 5.91 Å². The van der Waals surface area contributed by atoms with Gasteiger partial charge in [0, 0.05) is 50.4 Å². The topological polar surface area (TPSA) is 116 Å². The first-order chi connectivity index (χ1) is 16.9. The number of anilines is 2. The van der Waals surface area contributed by atoms with Crippen LogP contribution in [-0.4, -0.2) is 72.1 Å². The third-order valence-corrected chi connectivity index (χ3v) is 5.49. The van der Waals surface area contributed by atoms with Gasteiger partial charge in [-0.1, -0.05) is 19.1 Å². The fourth-order valence-corrected chi connectivity index (χ4v) is 3.50. The first kappa shape index (κ1) is 25.9. The molecular weight excluding hydrogens is 455 g/mol. The molecule has 2 heterocycles. The highest BCUT2D eigenvalue weighted by atomic mass is 19.1. The van der Waals surface area contributed by atoms with Crippen LogP contribution in [0.15, 0.2) is 36.5 Å². The van der Waals surface area contributed by atoms with Crippen molar-refractivity contribution in [3.63, 3.8) is 0 Å². The number of ether oxygens (including phenoxy) is 1. The molecule has 3 rings (SSSR count). The molecule has 0 atom stereocenters. The first-order valence-corrected chi connectivity index (χ1v) is 11.5. The van der Waals surface area contributed by atoms with Crippen LogP contribution in [0, 0.1) is 12.7 Å². The number of rotatable bonds is 8. The highest BCUT2D eigenvalue weighted by Gasteiger charge is 2.23. The van der Waals surface area contributed by atoms with Gasteiger partial charge in [-0.25, -0.2) is 14.0 Å². The smallest absolute Gasteiger partial charge is 0.409 e. The quantitative estimate of drug-likeness (QED) is 0.494. The van der Waals surface area contributed by atoms with Gasteiger partial charge in [-0.05, 0) is 25.1 Å². The van der Waals surface area contributed by atoms with E-state index in [1.54, 1.807) is 36.1 Å². The third-order valence-electron chi connectivity index (χ3n) is 5.49. The van der Waals surface area contributed by atoms with E-state index in [1.165, 1.54) is 12.3 Å². The predicted molar refractivity (Wildman–Crippen MR) is 130 cm³/mol. The van der Waals surface area contributed by atoms with Crippen molar-refractivity contribution in [2.45, 2.75) is 26.8 Å². The summed E-state index contributed by atoms with van der Waals surface area (Å²) in [5, 5.41) is 7.82. The summed E-state index contributed by atoms with van der Waals surface area (Å²) in [7, 11) is 0. The van der Waals surface area contributed by atoms with Crippen LogP contribution in [0.3, 0.4) is 0 Å². The van der Waals surface area contributed by atoms with Gasteiger partial charge < -0.3 is 25.6 Å². The molecule has 0 aliphatic carbocycles. The van der Waals surface area contributed by atoms with Crippen molar-refractivity contribution in [1.29, 1.82) is 0 Å². The lowest BCUT2D eigenvalue weighted by Crippen LogP contribution is -2.48. The lowest BCUT2D eigenvalue weighted by atomic mass is 10.1. The Balaban J connectivity index is 1.46. The fourth-order valence-electron chi connectivity index (χ4n) is 3.50. The Morgan fingerprint density at radius 1 is 1.09 bits per heavy atom. The predicted octanol–water partition coefficient (Wildman–Crippen LogP) is 2.95. The van der Waals surface area contributed by atoms with Crippen molar-refractivity contribution in [1.82, 2.24) is 20.1 Å². The number of amides is 4. The van der Waals surface area contributed by atoms with Gasteiger partial charge in [0.05, 0.1) is 24.1 Å². The van der Waals surface area contributed by atoms with Gasteiger partial charge in [0.15, 0.2) is 5.82 Å². The number of halogens is 1. The second-order valence-corrected chi connectivity index (χ2v) is 8.13. The molecule has 0 saturated carbocycles. The van der Waals surface area contributed by atoms with Crippen LogP contribution in [0.1, 0.15) is 24.6 Å². The highest BCUT2D eigenvalue weighted by molar-refractivity contribution is 5.99. The van der Waals surface area contributed by atoms with Crippen LogP contribution in [0.2, 0.25) is 0 Å². The van der Waals surface area contributed by atoms with E-state index in [1.807, 2.05) is 11.8 Å². The van der Waals surface area contributed by atoms with E-state index in [4.69, 9.17) is 4.74 Å². The largest absolute Gasteiger partial charge is 0.448 e. The van der Waals surface area contributed by atoms with E-state index in [2.05, 4.69) is 20.9 Å². The summed E-state index contributed by atoms with van der Waals surface area (Å²) in [6.07, 6.45) is 1.48. The fraction of sp³-hybridized carbons (Fsp3) is 0.417. The molecule has 35 heavy (non-hydrogen) atoms. The standard InChI is InChI=1S/C24H31FN6O4/c1-3-21(32)26-9-14-35-24(34)31-12-10-30(11-13-31)16-18-5-4-6-20(22(18)25)29-23(33)28-19-8-7-17(2)27-15-19/h4-8,15H,3,9-14,16H2,1-2H3,(H,26,32)(H2,28,29,33). The Labute approximate surface area is 203 Å². The van der Waals surface area contributed by atoms with Crippen LogP contribution in [-0.2, 0) is 16.1 Å². The Hall–Kier alpha value is -3.73. The molecule has 1 fully saturated rings. The number of aryl methyl sites for hydroxylation is 1. The van der Waals surface area contributed by atoms with Crippen LogP contribution >= 0.6 is 0 Å². The van der Waals surface area contributed by atoms with Crippen LogP contribution in [0.4, 0.5) is 25.4 Å². The van der Waals surface area contributed by atoms with Gasteiger partial charge in [0.1, 0.15) is 6.61 Å². The Morgan fingerprint density at radius 2 is 1.86 bits per heavy atom. The summed E-state index contributed by atoms with van der Waals surface area (Å²) in [4.78, 5) is 43.4. The van der Waals surface area contributed by atoms with Gasteiger partial charge >= 0.3 is 12.1 Å². The Morgan fingerprint density at radius 3 is 2.54 bits per heavy atom. The van der Waals surface area contributed by atoms with Crippen LogP contribution in [0.25, 0.3) is 0 Å². The van der Waals surface area contributed by atoms with Gasteiger partial charge in [-0.2, -0.15) is 0 Å². The SMILES string of the molecule is CCC(=O)NCCOC(=O)N1CCN(Cc2cccc(NC(=O)Nc3ccc(C)nc3)c2F)CC1. The molecule has 3 N–H and O–H groups in total. The second-order valence-electron chi connectivity index (χ2n) is 8.13. The minimum Gasteiger partial charge on any atom is -0.448 e. The molecule has 1 saturated heterocycles. The van der Waals surface area contributed by atoms with Crippen LogP contribution < -0.4 is 16.0 Å². The summed E-state index contributed by atoms with van der Waals surface area (Å²) >= 11 is 0. The maximum atomic E-state index is 15.0. The average molecular weight is 487 g/mol. The van der Waals surface area contributed by atoms with Gasteiger partial charge in [-0.15, -0.1) is 0 Å². The van der Waals surface area contributed by atoms with E-state index in [9.17, 15) is 14.4 Å². The Bertz CT molecular complexity index is 1030. The molecule has 0 unspecified atom stereocenters. The molecule has 1 aromatic carbocycles. The lowest BCUT2D eigenvalue weighted by molar-refractivity contribution is -0.120. The molecule has 4 amide bonds. The molecule has 0 spiro atoms. The molecule has 1 aliphatic rings. The lowest BCUT2D eigenvalue weighted by Gasteiger charge is -2.34. The zero-order valence-corrected chi connectivity index (χ0v) is 20.0. The van der Waals surface area contributed by atoms with E-state index in [0.717, 1.165) is 5.69 Å². The normalized spacial score (nSPS) is 13.7. The van der Waals surface area contributed by atoms with Gasteiger partial charge in [-0.3, -0.25) is 14.7 Å².